The van der Waals surface area contributed by atoms with Crippen molar-refractivity contribution in [3.05, 3.63) is 71.8 Å². The molecule has 0 aliphatic heterocycles. The van der Waals surface area contributed by atoms with Crippen LogP contribution < -0.4 is 14.8 Å². The zero-order valence-corrected chi connectivity index (χ0v) is 16.9. The van der Waals surface area contributed by atoms with Gasteiger partial charge in [0.1, 0.15) is 11.5 Å². The molecule has 3 rings (SSSR count). The van der Waals surface area contributed by atoms with Gasteiger partial charge in [0.25, 0.3) is 0 Å². The summed E-state index contributed by atoms with van der Waals surface area (Å²) in [7, 11) is 1.61. The van der Waals surface area contributed by atoms with Gasteiger partial charge in [-0.2, -0.15) is 0 Å². The number of ether oxygens (including phenoxy) is 2. The van der Waals surface area contributed by atoms with Crippen LogP contribution in [0.2, 0.25) is 0 Å². The Bertz CT molecular complexity index is 1010. The van der Waals surface area contributed by atoms with Gasteiger partial charge in [-0.15, -0.1) is 0 Å². The lowest BCUT2D eigenvalue weighted by Crippen LogP contribution is -2.29. The smallest absolute Gasteiger partial charge is 0.308 e. The Morgan fingerprint density at radius 1 is 1.00 bits per heavy atom. The fourth-order valence-electron chi connectivity index (χ4n) is 3.40. The number of carbonyl (C=O) groups excluding carboxylic acids is 2. The molecule has 0 unspecified atom stereocenters. The third kappa shape index (κ3) is 4.74. The minimum absolute atomic E-state index is 0.0602. The fraction of sp³-hybridized carbons (Fsp3) is 0.250. The quantitative estimate of drug-likeness (QED) is 0.465. The number of rotatable bonds is 7. The van der Waals surface area contributed by atoms with Crippen LogP contribution in [-0.2, 0) is 9.59 Å². The topological polar surface area (TPSA) is 64.6 Å². The maximum atomic E-state index is 12.5. The molecule has 0 aliphatic carbocycles. The predicted molar refractivity (Wildman–Crippen MR) is 113 cm³/mol. The van der Waals surface area contributed by atoms with Gasteiger partial charge >= 0.3 is 5.97 Å². The van der Waals surface area contributed by atoms with E-state index in [1.165, 1.54) is 6.92 Å². The van der Waals surface area contributed by atoms with E-state index in [1.54, 1.807) is 13.2 Å². The van der Waals surface area contributed by atoms with Gasteiger partial charge in [-0.1, -0.05) is 49.4 Å². The third-order valence-electron chi connectivity index (χ3n) is 4.70. The molecule has 5 nitrogen and oxygen atoms in total. The van der Waals surface area contributed by atoms with Crippen molar-refractivity contribution in [3.63, 3.8) is 0 Å². The lowest BCUT2D eigenvalue weighted by molar-refractivity contribution is -0.131. The van der Waals surface area contributed by atoms with Crippen molar-refractivity contribution in [2.24, 2.45) is 0 Å². The molecule has 0 fully saturated rings. The van der Waals surface area contributed by atoms with Crippen molar-refractivity contribution in [2.45, 2.75) is 32.7 Å². The molecule has 0 spiro atoms. The molecule has 0 saturated carbocycles. The standard InChI is InChI=1S/C24H25NO4/c1-4-7-22(27)25-24(18-10-13-19(28-3)14-11-18)23-20-9-6-5-8-17(20)12-15-21(23)29-16(2)26/h5-6,8-15,24H,4,7H2,1-3H3,(H,25,27)/t24-/m1/s1. The van der Waals surface area contributed by atoms with Crippen molar-refractivity contribution in [2.75, 3.05) is 7.11 Å². The molecule has 150 valence electrons. The summed E-state index contributed by atoms with van der Waals surface area (Å²) >= 11 is 0. The minimum Gasteiger partial charge on any atom is -0.497 e. The van der Waals surface area contributed by atoms with E-state index >= 15 is 0 Å². The van der Waals surface area contributed by atoms with Crippen LogP contribution in [0, 0.1) is 0 Å². The predicted octanol–water partition coefficient (Wildman–Crippen LogP) is 4.78. The molecule has 0 saturated heterocycles. The van der Waals surface area contributed by atoms with Crippen molar-refractivity contribution < 1.29 is 19.1 Å². The maximum Gasteiger partial charge on any atom is 0.308 e. The largest absolute Gasteiger partial charge is 0.497 e. The van der Waals surface area contributed by atoms with E-state index in [2.05, 4.69) is 5.32 Å². The molecule has 1 amide bonds. The van der Waals surface area contributed by atoms with Gasteiger partial charge in [0.2, 0.25) is 5.91 Å². The Hall–Kier alpha value is -3.34. The van der Waals surface area contributed by atoms with Crippen molar-refractivity contribution in [1.82, 2.24) is 5.32 Å². The van der Waals surface area contributed by atoms with E-state index in [9.17, 15) is 9.59 Å². The number of methoxy groups -OCH3 is 1. The molecule has 1 atom stereocenters. The van der Waals surface area contributed by atoms with Gasteiger partial charge < -0.3 is 14.8 Å². The van der Waals surface area contributed by atoms with E-state index in [-0.39, 0.29) is 5.91 Å². The summed E-state index contributed by atoms with van der Waals surface area (Å²) in [6.45, 7) is 3.33. The van der Waals surface area contributed by atoms with Crippen LogP contribution in [0.4, 0.5) is 0 Å². The van der Waals surface area contributed by atoms with Crippen LogP contribution in [0.15, 0.2) is 60.7 Å². The number of benzene rings is 3. The maximum absolute atomic E-state index is 12.5. The average molecular weight is 391 g/mol. The number of esters is 1. The van der Waals surface area contributed by atoms with Crippen LogP contribution in [-0.4, -0.2) is 19.0 Å². The van der Waals surface area contributed by atoms with Gasteiger partial charge in [0.15, 0.2) is 0 Å². The van der Waals surface area contributed by atoms with Crippen LogP contribution in [0.25, 0.3) is 10.8 Å². The average Bonchev–Trinajstić information content (AvgIpc) is 2.72. The summed E-state index contributed by atoms with van der Waals surface area (Å²) in [6.07, 6.45) is 1.16. The Labute approximate surface area is 170 Å². The molecule has 0 heterocycles. The van der Waals surface area contributed by atoms with Crippen LogP contribution >= 0.6 is 0 Å². The summed E-state index contributed by atoms with van der Waals surface area (Å²) in [4.78, 5) is 24.3. The molecule has 0 radical (unpaired) electrons. The molecule has 3 aromatic carbocycles. The Kier molecular flexibility index (Phi) is 6.50. The van der Waals surface area contributed by atoms with E-state index < -0.39 is 12.0 Å². The highest BCUT2D eigenvalue weighted by atomic mass is 16.5. The van der Waals surface area contributed by atoms with Crippen molar-refractivity contribution >= 4 is 22.6 Å². The van der Waals surface area contributed by atoms with Crippen molar-refractivity contribution in [1.29, 1.82) is 0 Å². The van der Waals surface area contributed by atoms with Gasteiger partial charge in [0, 0.05) is 18.9 Å². The first kappa shape index (κ1) is 20.4. The number of hydrogen-bond acceptors (Lipinski definition) is 4. The van der Waals surface area contributed by atoms with Crippen LogP contribution in [0.5, 0.6) is 11.5 Å². The highest BCUT2D eigenvalue weighted by molar-refractivity contribution is 5.90. The third-order valence-corrected chi connectivity index (χ3v) is 4.70. The Morgan fingerprint density at radius 3 is 2.38 bits per heavy atom. The molecular formula is C24H25NO4. The summed E-state index contributed by atoms with van der Waals surface area (Å²) < 4.78 is 10.8. The first-order valence-electron chi connectivity index (χ1n) is 9.66. The lowest BCUT2D eigenvalue weighted by Gasteiger charge is -2.24. The molecule has 5 heteroatoms. The number of nitrogens with one attached hydrogen (secondary N) is 1. The first-order chi connectivity index (χ1) is 14.0. The second kappa shape index (κ2) is 9.24. The SMILES string of the molecule is CCCC(=O)N[C@H](c1ccc(OC)cc1)c1c(OC(C)=O)ccc2ccccc12. The van der Waals surface area contributed by atoms with Gasteiger partial charge in [-0.05, 0) is 41.0 Å². The Morgan fingerprint density at radius 2 is 1.72 bits per heavy atom. The highest BCUT2D eigenvalue weighted by Crippen LogP contribution is 2.37. The van der Waals surface area contributed by atoms with Crippen LogP contribution in [0.1, 0.15) is 43.9 Å². The number of fused-ring (bicyclic) bond motifs is 1. The first-order valence-corrected chi connectivity index (χ1v) is 9.66. The molecule has 0 bridgehead atoms. The highest BCUT2D eigenvalue weighted by Gasteiger charge is 2.24. The second-order valence-electron chi connectivity index (χ2n) is 6.82. The Balaban J connectivity index is 2.20. The number of carbonyl (C=O) groups is 2. The molecular weight excluding hydrogens is 366 g/mol. The van der Waals surface area contributed by atoms with E-state index in [1.807, 2.05) is 61.5 Å². The van der Waals surface area contributed by atoms with Gasteiger partial charge in [-0.25, -0.2) is 0 Å². The zero-order chi connectivity index (χ0) is 20.8. The summed E-state index contributed by atoms with van der Waals surface area (Å²) in [6, 6.07) is 18.6. The van der Waals surface area contributed by atoms with Crippen LogP contribution in [0.3, 0.4) is 0 Å². The van der Waals surface area contributed by atoms with Gasteiger partial charge in [-0.3, -0.25) is 9.59 Å². The summed E-state index contributed by atoms with van der Waals surface area (Å²) in [5, 5.41) is 5.04. The zero-order valence-electron chi connectivity index (χ0n) is 16.9. The fourth-order valence-corrected chi connectivity index (χ4v) is 3.40. The number of hydrogen-bond donors (Lipinski definition) is 1. The van der Waals surface area contributed by atoms with Gasteiger partial charge in [0.05, 0.1) is 13.2 Å². The minimum atomic E-state index is -0.472. The van der Waals surface area contributed by atoms with E-state index in [4.69, 9.17) is 9.47 Å². The second-order valence-corrected chi connectivity index (χ2v) is 6.82. The monoisotopic (exact) mass is 391 g/mol. The number of amides is 1. The van der Waals surface area contributed by atoms with Crippen molar-refractivity contribution in [3.8, 4) is 11.5 Å². The van der Waals surface area contributed by atoms with E-state index in [0.717, 1.165) is 34.1 Å². The molecule has 29 heavy (non-hydrogen) atoms. The normalized spacial score (nSPS) is 11.7. The van der Waals surface area contributed by atoms with E-state index in [0.29, 0.717) is 12.2 Å². The summed E-state index contributed by atoms with van der Waals surface area (Å²) in [5.41, 5.74) is 1.63. The lowest BCUT2D eigenvalue weighted by atomic mass is 9.92. The molecule has 1 N–H and O–H groups in total. The molecule has 0 aromatic heterocycles. The molecule has 0 aliphatic rings. The molecule has 3 aromatic rings. The summed E-state index contributed by atoms with van der Waals surface area (Å²) in [5.74, 6) is 0.698.